The van der Waals surface area contributed by atoms with Crippen molar-refractivity contribution in [1.82, 2.24) is 19.1 Å². The highest BCUT2D eigenvalue weighted by Gasteiger charge is 2.32. The second-order valence-electron chi connectivity index (χ2n) is 10.9. The molecule has 1 fully saturated rings. The maximum absolute atomic E-state index is 13.2. The summed E-state index contributed by atoms with van der Waals surface area (Å²) in [6.45, 7) is 8.97. The second kappa shape index (κ2) is 10.4. The molecule has 0 saturated carbocycles. The summed E-state index contributed by atoms with van der Waals surface area (Å²) in [7, 11) is -2.10. The van der Waals surface area contributed by atoms with E-state index in [-0.39, 0.29) is 35.2 Å². The quantitative estimate of drug-likeness (QED) is 0.346. The number of carbonyl (C=O) groups is 1. The van der Waals surface area contributed by atoms with Crippen LogP contribution in [0.25, 0.3) is 15.3 Å². The van der Waals surface area contributed by atoms with Gasteiger partial charge in [0.1, 0.15) is 11.6 Å². The molecule has 0 atom stereocenters. The van der Waals surface area contributed by atoms with Crippen LogP contribution in [-0.4, -0.2) is 53.6 Å². The molecular formula is C28H33N5O4S2. The minimum absolute atomic E-state index is 0.0311. The molecule has 39 heavy (non-hydrogen) atoms. The molecule has 4 aromatic rings. The summed E-state index contributed by atoms with van der Waals surface area (Å²) in [6.07, 6.45) is 0.871. The van der Waals surface area contributed by atoms with Crippen molar-refractivity contribution in [3.63, 3.8) is 0 Å². The predicted octanol–water partition coefficient (Wildman–Crippen LogP) is 5.14. The number of anilines is 1. The molecule has 2 aromatic heterocycles. The third kappa shape index (κ3) is 5.57. The van der Waals surface area contributed by atoms with Gasteiger partial charge >= 0.3 is 0 Å². The van der Waals surface area contributed by atoms with Gasteiger partial charge in [-0.05, 0) is 67.1 Å². The van der Waals surface area contributed by atoms with Crippen LogP contribution in [0.3, 0.4) is 0 Å². The Hall–Kier alpha value is -3.28. The molecule has 0 aliphatic carbocycles. The molecule has 1 amide bonds. The Bertz CT molecular complexity index is 1610. The Morgan fingerprint density at radius 2 is 1.77 bits per heavy atom. The molecule has 1 aliphatic heterocycles. The minimum atomic E-state index is -3.63. The van der Waals surface area contributed by atoms with Crippen LogP contribution in [0.1, 0.15) is 44.9 Å². The minimum Gasteiger partial charge on any atom is -0.497 e. The van der Waals surface area contributed by atoms with E-state index in [4.69, 9.17) is 9.72 Å². The number of amides is 1. The Balaban J connectivity index is 1.28. The fourth-order valence-electron chi connectivity index (χ4n) is 4.69. The molecule has 1 saturated heterocycles. The fraction of sp³-hybridized carbons (Fsp3) is 0.393. The first kappa shape index (κ1) is 27.3. The summed E-state index contributed by atoms with van der Waals surface area (Å²) >= 11 is 1.53. The third-order valence-electron chi connectivity index (χ3n) is 7.03. The number of methoxy groups -OCH3 is 1. The summed E-state index contributed by atoms with van der Waals surface area (Å²) in [5, 5.41) is 8.29. The first-order valence-corrected chi connectivity index (χ1v) is 15.1. The van der Waals surface area contributed by atoms with Crippen LogP contribution in [0, 0.1) is 12.8 Å². The number of hydrogen-bond acceptors (Lipinski definition) is 7. The molecule has 206 valence electrons. The molecule has 3 heterocycles. The maximum atomic E-state index is 13.2. The van der Waals surface area contributed by atoms with Crippen molar-refractivity contribution in [2.45, 2.75) is 50.8 Å². The number of aryl methyl sites for hydroxylation is 1. The van der Waals surface area contributed by atoms with E-state index in [1.165, 1.54) is 28.3 Å². The number of benzene rings is 2. The summed E-state index contributed by atoms with van der Waals surface area (Å²) in [4.78, 5) is 18.2. The molecular weight excluding hydrogens is 534 g/mol. The molecule has 0 unspecified atom stereocenters. The number of nitrogens with zero attached hydrogens (tertiary/aromatic N) is 4. The van der Waals surface area contributed by atoms with E-state index >= 15 is 0 Å². The van der Waals surface area contributed by atoms with Gasteiger partial charge in [-0.25, -0.2) is 13.4 Å². The second-order valence-corrected chi connectivity index (χ2v) is 13.8. The zero-order chi connectivity index (χ0) is 27.9. The molecule has 2 aromatic carbocycles. The number of nitrogens with one attached hydrogen (secondary N) is 1. The number of sulfonamides is 1. The van der Waals surface area contributed by atoms with Gasteiger partial charge in [-0.1, -0.05) is 38.2 Å². The lowest BCUT2D eigenvalue weighted by molar-refractivity contribution is -0.120. The molecule has 1 aliphatic rings. The highest BCUT2D eigenvalue weighted by molar-refractivity contribution is 7.89. The van der Waals surface area contributed by atoms with Crippen molar-refractivity contribution in [1.29, 1.82) is 0 Å². The lowest BCUT2D eigenvalue weighted by Gasteiger charge is -2.30. The molecule has 9 nitrogen and oxygen atoms in total. The lowest BCUT2D eigenvalue weighted by atomic mass is 9.87. The van der Waals surface area contributed by atoms with Crippen LogP contribution in [0.2, 0.25) is 0 Å². The number of hydrogen-bond donors (Lipinski definition) is 1. The average Bonchev–Trinajstić information content (AvgIpc) is 3.50. The van der Waals surface area contributed by atoms with Gasteiger partial charge in [-0.15, -0.1) is 0 Å². The topological polar surface area (TPSA) is 106 Å². The van der Waals surface area contributed by atoms with E-state index in [1.54, 1.807) is 28.9 Å². The van der Waals surface area contributed by atoms with Crippen molar-refractivity contribution in [3.05, 3.63) is 59.8 Å². The Morgan fingerprint density at radius 3 is 2.41 bits per heavy atom. The van der Waals surface area contributed by atoms with E-state index < -0.39 is 10.0 Å². The van der Waals surface area contributed by atoms with Gasteiger partial charge < -0.3 is 10.1 Å². The maximum Gasteiger partial charge on any atom is 0.243 e. The zero-order valence-corrected chi connectivity index (χ0v) is 24.4. The number of ether oxygens (including phenoxy) is 1. The molecule has 0 bridgehead atoms. The summed E-state index contributed by atoms with van der Waals surface area (Å²) < 4.78 is 35.5. The normalized spacial score (nSPS) is 15.5. The lowest BCUT2D eigenvalue weighted by Crippen LogP contribution is -2.41. The number of fused-ring (bicyclic) bond motifs is 1. The monoisotopic (exact) mass is 567 g/mol. The van der Waals surface area contributed by atoms with Gasteiger partial charge in [0.15, 0.2) is 0 Å². The average molecular weight is 568 g/mol. The highest BCUT2D eigenvalue weighted by atomic mass is 32.2. The van der Waals surface area contributed by atoms with Crippen LogP contribution in [-0.2, 0) is 20.2 Å². The van der Waals surface area contributed by atoms with Crippen molar-refractivity contribution in [2.24, 2.45) is 5.92 Å². The van der Waals surface area contributed by atoms with Crippen LogP contribution >= 0.6 is 11.3 Å². The fourth-order valence-corrected chi connectivity index (χ4v) is 7.13. The van der Waals surface area contributed by atoms with Crippen molar-refractivity contribution in [2.75, 3.05) is 25.5 Å². The Labute approximate surface area is 232 Å². The van der Waals surface area contributed by atoms with E-state index in [2.05, 4.69) is 43.3 Å². The van der Waals surface area contributed by atoms with E-state index in [1.807, 2.05) is 19.1 Å². The van der Waals surface area contributed by atoms with Gasteiger partial charge in [0.2, 0.25) is 21.1 Å². The summed E-state index contributed by atoms with van der Waals surface area (Å²) in [5.74, 6) is 0.703. The smallest absolute Gasteiger partial charge is 0.243 e. The summed E-state index contributed by atoms with van der Waals surface area (Å²) in [5.41, 5.74) is 2.92. The number of aromatic nitrogens is 3. The van der Waals surface area contributed by atoms with Crippen LogP contribution in [0.15, 0.2) is 53.4 Å². The number of carbonyl (C=O) groups excluding carboxylic acids is 1. The van der Waals surface area contributed by atoms with Crippen LogP contribution in [0.5, 0.6) is 5.75 Å². The first-order valence-electron chi connectivity index (χ1n) is 12.9. The molecule has 5 rings (SSSR count). The number of thiazole rings is 1. The van der Waals surface area contributed by atoms with E-state index in [0.717, 1.165) is 15.9 Å². The van der Waals surface area contributed by atoms with Gasteiger partial charge in [0.25, 0.3) is 0 Å². The van der Waals surface area contributed by atoms with Crippen molar-refractivity contribution in [3.8, 4) is 10.9 Å². The molecule has 1 N–H and O–H groups in total. The standard InChI is InChI=1S/C28H33N5O4S2/c1-18-16-25(33(31-18)27-29-23-11-6-20(28(2,3)4)17-24(23)38-27)30-26(34)19-12-14-32(15-13-19)39(35,36)22-9-7-21(37-5)8-10-22/h6-11,16-17,19H,12-15H2,1-5H3,(H,30,34). The van der Waals surface area contributed by atoms with E-state index in [0.29, 0.717) is 29.5 Å². The molecule has 0 radical (unpaired) electrons. The SMILES string of the molecule is COc1ccc(S(=O)(=O)N2CCC(C(=O)Nc3cc(C)nn3-c3nc4ccc(C(C)(C)C)cc4s3)CC2)cc1. The molecule has 0 spiro atoms. The van der Waals surface area contributed by atoms with Crippen LogP contribution < -0.4 is 10.1 Å². The Kier molecular flexibility index (Phi) is 7.25. The van der Waals surface area contributed by atoms with Gasteiger partial charge in [-0.3, -0.25) is 4.79 Å². The molecule has 11 heteroatoms. The first-order chi connectivity index (χ1) is 18.5. The van der Waals surface area contributed by atoms with Gasteiger partial charge in [0, 0.05) is 25.1 Å². The largest absolute Gasteiger partial charge is 0.497 e. The highest BCUT2D eigenvalue weighted by Crippen LogP contribution is 2.32. The number of rotatable bonds is 6. The van der Waals surface area contributed by atoms with Gasteiger partial charge in [0.05, 0.1) is 27.9 Å². The number of piperidine rings is 1. The Morgan fingerprint density at radius 1 is 1.08 bits per heavy atom. The zero-order valence-electron chi connectivity index (χ0n) is 22.8. The van der Waals surface area contributed by atoms with Crippen molar-refractivity contribution < 1.29 is 17.9 Å². The van der Waals surface area contributed by atoms with Gasteiger partial charge in [-0.2, -0.15) is 14.1 Å². The predicted molar refractivity (Wildman–Crippen MR) is 153 cm³/mol. The third-order valence-corrected chi connectivity index (χ3v) is 9.94. The van der Waals surface area contributed by atoms with Crippen molar-refractivity contribution >= 4 is 43.3 Å². The van der Waals surface area contributed by atoms with Crippen LogP contribution in [0.4, 0.5) is 5.82 Å². The van der Waals surface area contributed by atoms with E-state index in [9.17, 15) is 13.2 Å². The summed E-state index contributed by atoms with van der Waals surface area (Å²) in [6, 6.07) is 14.5.